The van der Waals surface area contributed by atoms with Gasteiger partial charge in [0.05, 0.1) is 22.4 Å². The summed E-state index contributed by atoms with van der Waals surface area (Å²) < 4.78 is 0. The summed E-state index contributed by atoms with van der Waals surface area (Å²) in [5, 5.41) is 19.0. The first-order valence-electron chi connectivity index (χ1n) is 5.93. The number of hydrogen-bond acceptors (Lipinski definition) is 4. The van der Waals surface area contributed by atoms with Crippen molar-refractivity contribution < 1.29 is 5.11 Å². The third-order valence-corrected chi connectivity index (χ3v) is 3.47. The van der Waals surface area contributed by atoms with Gasteiger partial charge in [0, 0.05) is 18.7 Å². The highest BCUT2D eigenvalue weighted by molar-refractivity contribution is 7.13. The van der Waals surface area contributed by atoms with Crippen molar-refractivity contribution in [1.29, 1.82) is 0 Å². The predicted molar refractivity (Wildman–Crippen MR) is 74.5 cm³/mol. The van der Waals surface area contributed by atoms with E-state index in [1.165, 1.54) is 4.88 Å². The molecule has 0 radical (unpaired) electrons. The summed E-state index contributed by atoms with van der Waals surface area (Å²) in [7, 11) is 2.00. The monoisotopic (exact) mass is 265 g/mol. The number of nitrogens with one attached hydrogen (secondary N) is 1. The number of likely N-dealkylation sites (N-methyl/N-ethyl adjacent to an activating group) is 1. The molecule has 0 spiro atoms. The van der Waals surface area contributed by atoms with Gasteiger partial charge >= 0.3 is 0 Å². The maximum atomic E-state index is 9.81. The van der Waals surface area contributed by atoms with Crippen LogP contribution >= 0.6 is 11.3 Å². The molecule has 2 aromatic heterocycles. The number of thiophene rings is 1. The molecule has 2 rings (SSSR count). The quantitative estimate of drug-likeness (QED) is 0.872. The molecule has 0 aliphatic heterocycles. The Kier molecular flexibility index (Phi) is 3.85. The summed E-state index contributed by atoms with van der Waals surface area (Å²) in [6.07, 6.45) is 1.86. The zero-order valence-electron chi connectivity index (χ0n) is 11.0. The van der Waals surface area contributed by atoms with E-state index in [4.69, 9.17) is 0 Å². The summed E-state index contributed by atoms with van der Waals surface area (Å²) >= 11 is 1.70. The fourth-order valence-electron chi connectivity index (χ4n) is 2.07. The number of H-pyrrole nitrogens is 1. The lowest BCUT2D eigenvalue weighted by molar-refractivity contribution is 0.0425. The van der Waals surface area contributed by atoms with Gasteiger partial charge in [0.15, 0.2) is 0 Å². The van der Waals surface area contributed by atoms with Crippen LogP contribution in [-0.2, 0) is 6.54 Å². The third-order valence-electron chi connectivity index (χ3n) is 2.58. The Morgan fingerprint density at radius 3 is 2.89 bits per heavy atom. The number of rotatable bonds is 5. The zero-order valence-corrected chi connectivity index (χ0v) is 11.8. The van der Waals surface area contributed by atoms with E-state index in [-0.39, 0.29) is 0 Å². The second-order valence-electron chi connectivity index (χ2n) is 5.23. The fraction of sp³-hybridized carbons (Fsp3) is 0.462. The van der Waals surface area contributed by atoms with Gasteiger partial charge in [-0.15, -0.1) is 11.3 Å². The van der Waals surface area contributed by atoms with Gasteiger partial charge in [-0.3, -0.25) is 10.00 Å². The molecule has 0 amide bonds. The largest absolute Gasteiger partial charge is 0.389 e. The molecule has 0 aliphatic carbocycles. The topological polar surface area (TPSA) is 52.2 Å². The van der Waals surface area contributed by atoms with E-state index in [0.717, 1.165) is 17.8 Å². The van der Waals surface area contributed by atoms with Crippen LogP contribution in [0.25, 0.3) is 10.6 Å². The van der Waals surface area contributed by atoms with Crippen LogP contribution in [0, 0.1) is 0 Å². The molecule has 0 saturated carbocycles. The van der Waals surface area contributed by atoms with Gasteiger partial charge in [0.2, 0.25) is 0 Å². The van der Waals surface area contributed by atoms with Gasteiger partial charge in [0.1, 0.15) is 0 Å². The molecule has 0 unspecified atom stereocenters. The lowest BCUT2D eigenvalue weighted by atomic mass is 10.1. The predicted octanol–water partition coefficient (Wildman–Crippen LogP) is 2.34. The first-order valence-corrected chi connectivity index (χ1v) is 6.81. The second kappa shape index (κ2) is 5.22. The molecule has 2 N–H and O–H groups in total. The fourth-order valence-corrected chi connectivity index (χ4v) is 2.83. The Labute approximate surface area is 111 Å². The van der Waals surface area contributed by atoms with Gasteiger partial charge in [-0.25, -0.2) is 0 Å². The molecule has 0 bridgehead atoms. The molecule has 0 aromatic carbocycles. The average Bonchev–Trinajstić information content (AvgIpc) is 2.82. The van der Waals surface area contributed by atoms with E-state index < -0.39 is 5.60 Å². The van der Waals surface area contributed by atoms with Crippen molar-refractivity contribution in [1.82, 2.24) is 15.1 Å². The van der Waals surface area contributed by atoms with Crippen molar-refractivity contribution in [2.45, 2.75) is 26.0 Å². The van der Waals surface area contributed by atoms with E-state index in [2.05, 4.69) is 26.5 Å². The Hall–Kier alpha value is -1.17. The standard InChI is InChI=1S/C13H19N3OS/c1-13(2,17)9-16(3)8-10-7-14-15-12(10)11-5-4-6-18-11/h4-7,17H,8-9H2,1-3H3,(H,14,15). The SMILES string of the molecule is CN(Cc1cn[nH]c1-c1cccs1)CC(C)(C)O. The lowest BCUT2D eigenvalue weighted by Gasteiger charge is -2.25. The Bertz CT molecular complexity index is 485. The summed E-state index contributed by atoms with van der Waals surface area (Å²) in [4.78, 5) is 3.29. The van der Waals surface area contributed by atoms with Gasteiger partial charge < -0.3 is 5.11 Å². The van der Waals surface area contributed by atoms with E-state index in [1.807, 2.05) is 33.2 Å². The van der Waals surface area contributed by atoms with Gasteiger partial charge in [-0.2, -0.15) is 5.10 Å². The molecular formula is C13H19N3OS. The number of aromatic nitrogens is 2. The minimum atomic E-state index is -0.679. The van der Waals surface area contributed by atoms with Crippen molar-refractivity contribution in [2.75, 3.05) is 13.6 Å². The van der Waals surface area contributed by atoms with Crippen molar-refractivity contribution in [2.24, 2.45) is 0 Å². The molecule has 0 fully saturated rings. The van der Waals surface area contributed by atoms with Crippen molar-refractivity contribution >= 4 is 11.3 Å². The lowest BCUT2D eigenvalue weighted by Crippen LogP contribution is -2.35. The number of aliphatic hydroxyl groups is 1. The molecule has 0 atom stereocenters. The van der Waals surface area contributed by atoms with Crippen LogP contribution < -0.4 is 0 Å². The average molecular weight is 265 g/mol. The van der Waals surface area contributed by atoms with Crippen LogP contribution in [-0.4, -0.2) is 39.4 Å². The Morgan fingerprint density at radius 2 is 2.28 bits per heavy atom. The Morgan fingerprint density at radius 1 is 1.50 bits per heavy atom. The van der Waals surface area contributed by atoms with Gasteiger partial charge in [-0.05, 0) is 32.3 Å². The Balaban J connectivity index is 2.09. The first kappa shape index (κ1) is 13.3. The van der Waals surface area contributed by atoms with Crippen LogP contribution in [0.5, 0.6) is 0 Å². The smallest absolute Gasteiger partial charge is 0.0794 e. The number of aromatic amines is 1. The minimum Gasteiger partial charge on any atom is -0.389 e. The van der Waals surface area contributed by atoms with Crippen molar-refractivity contribution in [3.63, 3.8) is 0 Å². The molecule has 0 saturated heterocycles. The zero-order chi connectivity index (χ0) is 13.2. The van der Waals surface area contributed by atoms with E-state index in [1.54, 1.807) is 11.3 Å². The highest BCUT2D eigenvalue weighted by Crippen LogP contribution is 2.26. The molecule has 98 valence electrons. The van der Waals surface area contributed by atoms with Crippen LogP contribution in [0.15, 0.2) is 23.7 Å². The molecule has 2 aromatic rings. The molecule has 2 heterocycles. The van der Waals surface area contributed by atoms with E-state index >= 15 is 0 Å². The molecule has 18 heavy (non-hydrogen) atoms. The maximum absolute atomic E-state index is 9.81. The van der Waals surface area contributed by atoms with Crippen LogP contribution in [0.4, 0.5) is 0 Å². The van der Waals surface area contributed by atoms with Crippen LogP contribution in [0.1, 0.15) is 19.4 Å². The van der Waals surface area contributed by atoms with Crippen molar-refractivity contribution in [3.05, 3.63) is 29.3 Å². The third kappa shape index (κ3) is 3.41. The molecule has 0 aliphatic rings. The molecular weight excluding hydrogens is 246 g/mol. The summed E-state index contributed by atoms with van der Waals surface area (Å²) in [5.41, 5.74) is 1.55. The first-order chi connectivity index (χ1) is 8.46. The van der Waals surface area contributed by atoms with Gasteiger partial charge in [0.25, 0.3) is 0 Å². The normalized spacial score (nSPS) is 12.3. The highest BCUT2D eigenvalue weighted by atomic mass is 32.1. The number of hydrogen-bond donors (Lipinski definition) is 2. The number of nitrogens with zero attached hydrogens (tertiary/aromatic N) is 2. The summed E-state index contributed by atoms with van der Waals surface area (Å²) in [6.45, 7) is 5.04. The van der Waals surface area contributed by atoms with Crippen LogP contribution in [0.3, 0.4) is 0 Å². The summed E-state index contributed by atoms with van der Waals surface area (Å²) in [6, 6.07) is 4.11. The van der Waals surface area contributed by atoms with Crippen LogP contribution in [0.2, 0.25) is 0 Å². The minimum absolute atomic E-state index is 0.627. The van der Waals surface area contributed by atoms with E-state index in [9.17, 15) is 5.11 Å². The second-order valence-corrected chi connectivity index (χ2v) is 6.18. The van der Waals surface area contributed by atoms with Crippen molar-refractivity contribution in [3.8, 4) is 10.6 Å². The van der Waals surface area contributed by atoms with E-state index in [0.29, 0.717) is 6.54 Å². The maximum Gasteiger partial charge on any atom is 0.0794 e. The molecule has 4 nitrogen and oxygen atoms in total. The highest BCUT2D eigenvalue weighted by Gasteiger charge is 2.17. The summed E-state index contributed by atoms with van der Waals surface area (Å²) in [5.74, 6) is 0. The molecule has 5 heteroatoms. The van der Waals surface area contributed by atoms with Gasteiger partial charge in [-0.1, -0.05) is 6.07 Å².